The van der Waals surface area contributed by atoms with Crippen molar-refractivity contribution < 1.29 is 18.0 Å². The molecule has 4 nitrogen and oxygen atoms in total. The molecule has 22 heavy (non-hydrogen) atoms. The maximum atomic E-state index is 12.8. The molecule has 116 valence electrons. The van der Waals surface area contributed by atoms with Crippen LogP contribution in [0, 0.1) is 0 Å². The van der Waals surface area contributed by atoms with E-state index >= 15 is 0 Å². The van der Waals surface area contributed by atoms with Gasteiger partial charge in [-0.3, -0.25) is 0 Å². The van der Waals surface area contributed by atoms with E-state index in [0.717, 1.165) is 11.6 Å². The molecule has 2 amide bonds. The number of alkyl halides is 3. The first-order valence-corrected chi connectivity index (χ1v) is 6.43. The first kappa shape index (κ1) is 15.8. The molecule has 4 N–H and O–H groups in total. The topological polar surface area (TPSA) is 67.1 Å². The van der Waals surface area contributed by atoms with Gasteiger partial charge in [0.2, 0.25) is 0 Å². The van der Waals surface area contributed by atoms with Gasteiger partial charge in [0.1, 0.15) is 0 Å². The van der Waals surface area contributed by atoms with E-state index in [1.807, 2.05) is 0 Å². The third-order valence-corrected chi connectivity index (χ3v) is 2.90. The number of amides is 2. The second-order valence-corrected chi connectivity index (χ2v) is 4.53. The fourth-order valence-electron chi connectivity index (χ4n) is 1.90. The van der Waals surface area contributed by atoms with Gasteiger partial charge in [-0.15, -0.1) is 0 Å². The third kappa shape index (κ3) is 3.98. The molecule has 0 aliphatic carbocycles. The molecule has 7 heteroatoms. The number of anilines is 2. The zero-order valence-corrected chi connectivity index (χ0v) is 11.4. The zero-order chi connectivity index (χ0) is 16.2. The van der Waals surface area contributed by atoms with Gasteiger partial charge in [-0.05, 0) is 29.8 Å². The summed E-state index contributed by atoms with van der Waals surface area (Å²) in [6.45, 7) is 0.300. The first-order chi connectivity index (χ1) is 10.4. The molecule has 2 aromatic carbocycles. The largest absolute Gasteiger partial charge is 0.418 e. The number of hydrogen-bond acceptors (Lipinski definition) is 2. The van der Waals surface area contributed by atoms with Crippen LogP contribution >= 0.6 is 0 Å². The van der Waals surface area contributed by atoms with Gasteiger partial charge in [0.25, 0.3) is 0 Å². The van der Waals surface area contributed by atoms with Crippen LogP contribution in [-0.4, -0.2) is 6.03 Å². The predicted octanol–water partition coefficient (Wildman–Crippen LogP) is 3.81. The van der Waals surface area contributed by atoms with Crippen LogP contribution in [-0.2, 0) is 12.7 Å². The molecule has 0 heterocycles. The minimum Gasteiger partial charge on any atom is -0.326 e. The number of nitrogens with one attached hydrogen (secondary N) is 2. The van der Waals surface area contributed by atoms with Crippen LogP contribution in [0.5, 0.6) is 0 Å². The molecule has 0 saturated carbocycles. The van der Waals surface area contributed by atoms with Crippen LogP contribution in [0.1, 0.15) is 11.1 Å². The molecule has 0 aliphatic rings. The van der Waals surface area contributed by atoms with Crippen LogP contribution in [0.2, 0.25) is 0 Å². The number of carbonyl (C=O) groups excluding carboxylic acids is 1. The zero-order valence-electron chi connectivity index (χ0n) is 11.4. The Bertz CT molecular complexity index is 671. The summed E-state index contributed by atoms with van der Waals surface area (Å²) in [6.07, 6.45) is -4.54. The molecule has 0 radical (unpaired) electrons. The second kappa shape index (κ2) is 6.48. The second-order valence-electron chi connectivity index (χ2n) is 4.53. The van der Waals surface area contributed by atoms with Crippen molar-refractivity contribution in [3.63, 3.8) is 0 Å². The lowest BCUT2D eigenvalue weighted by Gasteiger charge is -2.14. The minimum absolute atomic E-state index is 0.300. The van der Waals surface area contributed by atoms with Crippen LogP contribution in [0.4, 0.5) is 29.3 Å². The molecular formula is C15H14F3N3O. The Morgan fingerprint density at radius 2 is 1.77 bits per heavy atom. The van der Waals surface area contributed by atoms with Gasteiger partial charge in [-0.25, -0.2) is 4.79 Å². The number of hydrogen-bond donors (Lipinski definition) is 3. The summed E-state index contributed by atoms with van der Waals surface area (Å²) in [4.78, 5) is 11.8. The summed E-state index contributed by atoms with van der Waals surface area (Å²) in [6, 6.07) is 10.8. The predicted molar refractivity (Wildman–Crippen MR) is 78.4 cm³/mol. The number of urea groups is 1. The summed E-state index contributed by atoms with van der Waals surface area (Å²) < 4.78 is 38.5. The summed E-state index contributed by atoms with van der Waals surface area (Å²) in [5.74, 6) is 0. The van der Waals surface area contributed by atoms with Gasteiger partial charge in [0.15, 0.2) is 0 Å². The Balaban J connectivity index is 2.13. The normalized spacial score (nSPS) is 11.1. The van der Waals surface area contributed by atoms with E-state index in [1.165, 1.54) is 18.2 Å². The fourth-order valence-corrected chi connectivity index (χ4v) is 1.90. The van der Waals surface area contributed by atoms with Crippen molar-refractivity contribution in [2.24, 2.45) is 5.73 Å². The van der Waals surface area contributed by atoms with E-state index in [-0.39, 0.29) is 5.69 Å². The molecule has 2 rings (SSSR count). The Kier molecular flexibility index (Phi) is 4.67. The highest BCUT2D eigenvalue weighted by molar-refractivity contribution is 6.00. The van der Waals surface area contributed by atoms with Crippen molar-refractivity contribution in [1.29, 1.82) is 0 Å². The molecule has 0 atom stereocenters. The molecular weight excluding hydrogens is 295 g/mol. The quantitative estimate of drug-likeness (QED) is 0.807. The molecule has 0 saturated heterocycles. The number of halogens is 3. The van der Waals surface area contributed by atoms with Gasteiger partial charge < -0.3 is 16.4 Å². The Labute approximate surface area is 125 Å². The Morgan fingerprint density at radius 3 is 2.45 bits per heavy atom. The summed E-state index contributed by atoms with van der Waals surface area (Å²) in [7, 11) is 0. The van der Waals surface area contributed by atoms with Crippen LogP contribution in [0.25, 0.3) is 0 Å². The highest BCUT2D eigenvalue weighted by Gasteiger charge is 2.33. The van der Waals surface area contributed by atoms with E-state index in [2.05, 4.69) is 10.6 Å². The molecule has 0 aliphatic heterocycles. The summed E-state index contributed by atoms with van der Waals surface area (Å²) in [5.41, 5.74) is 5.53. The van der Waals surface area contributed by atoms with Gasteiger partial charge >= 0.3 is 12.2 Å². The molecule has 0 fully saturated rings. The van der Waals surface area contributed by atoms with Gasteiger partial charge in [0.05, 0.1) is 11.3 Å². The summed E-state index contributed by atoms with van der Waals surface area (Å²) >= 11 is 0. The monoisotopic (exact) mass is 309 g/mol. The highest BCUT2D eigenvalue weighted by Crippen LogP contribution is 2.34. The number of carbonyl (C=O) groups is 1. The van der Waals surface area contributed by atoms with Gasteiger partial charge in [-0.2, -0.15) is 13.2 Å². The standard InChI is InChI=1S/C15H14F3N3O/c16-15(17,18)12-6-1-2-7-13(12)21-14(22)20-11-5-3-4-10(8-11)9-19/h1-8H,9,19H2,(H2,20,21,22). The number of benzene rings is 2. The van der Waals surface area contributed by atoms with Crippen molar-refractivity contribution >= 4 is 17.4 Å². The first-order valence-electron chi connectivity index (χ1n) is 6.43. The highest BCUT2D eigenvalue weighted by atomic mass is 19.4. The summed E-state index contributed by atoms with van der Waals surface area (Å²) in [5, 5.41) is 4.67. The number of rotatable bonds is 3. The lowest BCUT2D eigenvalue weighted by Crippen LogP contribution is -2.22. The van der Waals surface area contributed by atoms with Crippen molar-refractivity contribution in [3.05, 3.63) is 59.7 Å². The SMILES string of the molecule is NCc1cccc(NC(=O)Nc2ccccc2C(F)(F)F)c1. The smallest absolute Gasteiger partial charge is 0.326 e. The Hall–Kier alpha value is -2.54. The molecule has 0 bridgehead atoms. The molecule has 0 unspecified atom stereocenters. The molecule has 0 aromatic heterocycles. The van der Waals surface area contributed by atoms with Crippen LogP contribution in [0.15, 0.2) is 48.5 Å². The van der Waals surface area contributed by atoms with Gasteiger partial charge in [0, 0.05) is 12.2 Å². The fraction of sp³-hybridized carbons (Fsp3) is 0.133. The minimum atomic E-state index is -4.54. The number of para-hydroxylation sites is 1. The average Bonchev–Trinajstić information content (AvgIpc) is 2.46. The van der Waals surface area contributed by atoms with Crippen molar-refractivity contribution in [2.75, 3.05) is 10.6 Å². The lowest BCUT2D eigenvalue weighted by atomic mass is 10.1. The molecule has 2 aromatic rings. The average molecular weight is 309 g/mol. The van der Waals surface area contributed by atoms with Crippen LogP contribution < -0.4 is 16.4 Å². The van der Waals surface area contributed by atoms with E-state index < -0.39 is 17.8 Å². The van der Waals surface area contributed by atoms with E-state index in [0.29, 0.717) is 12.2 Å². The van der Waals surface area contributed by atoms with Crippen molar-refractivity contribution in [2.45, 2.75) is 12.7 Å². The molecule has 0 spiro atoms. The van der Waals surface area contributed by atoms with Crippen molar-refractivity contribution in [1.82, 2.24) is 0 Å². The maximum absolute atomic E-state index is 12.8. The van der Waals surface area contributed by atoms with E-state index in [1.54, 1.807) is 24.3 Å². The van der Waals surface area contributed by atoms with Crippen LogP contribution in [0.3, 0.4) is 0 Å². The van der Waals surface area contributed by atoms with E-state index in [4.69, 9.17) is 5.73 Å². The lowest BCUT2D eigenvalue weighted by molar-refractivity contribution is -0.136. The van der Waals surface area contributed by atoms with Gasteiger partial charge in [-0.1, -0.05) is 24.3 Å². The third-order valence-electron chi connectivity index (χ3n) is 2.90. The maximum Gasteiger partial charge on any atom is 0.418 e. The number of nitrogens with two attached hydrogens (primary N) is 1. The van der Waals surface area contributed by atoms with E-state index in [9.17, 15) is 18.0 Å². The Morgan fingerprint density at radius 1 is 1.05 bits per heavy atom. The van der Waals surface area contributed by atoms with Crippen molar-refractivity contribution in [3.8, 4) is 0 Å².